The summed E-state index contributed by atoms with van der Waals surface area (Å²) in [6.07, 6.45) is 0. The first kappa shape index (κ1) is 19.8. The lowest BCUT2D eigenvalue weighted by Crippen LogP contribution is -2.43. The number of benzene rings is 2. The van der Waals surface area contributed by atoms with E-state index < -0.39 is 36.0 Å². The second-order valence-electron chi connectivity index (χ2n) is 6.77. The van der Waals surface area contributed by atoms with Gasteiger partial charge in [-0.2, -0.15) is 0 Å². The molecule has 0 aliphatic carbocycles. The maximum absolute atomic E-state index is 13.0. The summed E-state index contributed by atoms with van der Waals surface area (Å²) in [5, 5.41) is 5.66. The van der Waals surface area contributed by atoms with Gasteiger partial charge in [-0.05, 0) is 37.6 Å². The molecule has 3 rings (SSSR count). The highest BCUT2D eigenvalue weighted by Gasteiger charge is 2.50. The lowest BCUT2D eigenvalue weighted by atomic mass is 9.92. The zero-order chi connectivity index (χ0) is 20.5. The molecule has 0 radical (unpaired) electrons. The standard InChI is InChI=1S/C20H19ClFN3O3/c1-12(13-7-9-14(22)10-8-13)23-17(26)11-25-18(27)20(2,24-19(25)28)15-5-3-4-6-16(15)21/h3-10,12H,11H2,1-2H3,(H,23,26)(H,24,28)/t12-,20+/m0/s1. The van der Waals surface area contributed by atoms with Crippen LogP contribution < -0.4 is 10.6 Å². The SMILES string of the molecule is C[C@H](NC(=O)CN1C(=O)N[C@](C)(c2ccccc2Cl)C1=O)c1ccc(F)cc1. The van der Waals surface area contributed by atoms with Gasteiger partial charge in [-0.25, -0.2) is 9.18 Å². The second kappa shape index (κ2) is 7.59. The minimum absolute atomic E-state index is 0.342. The summed E-state index contributed by atoms with van der Waals surface area (Å²) in [5.74, 6) is -1.45. The number of carbonyl (C=O) groups is 3. The minimum atomic E-state index is -1.35. The molecule has 1 aliphatic rings. The third-order valence-corrected chi connectivity index (χ3v) is 5.07. The first-order valence-electron chi connectivity index (χ1n) is 8.66. The molecule has 0 aromatic heterocycles. The highest BCUT2D eigenvalue weighted by molar-refractivity contribution is 6.32. The van der Waals surface area contributed by atoms with Crippen LogP contribution in [0, 0.1) is 5.82 Å². The Kier molecular flexibility index (Phi) is 5.38. The van der Waals surface area contributed by atoms with Crippen LogP contribution >= 0.6 is 11.6 Å². The number of hydrogen-bond acceptors (Lipinski definition) is 3. The van der Waals surface area contributed by atoms with Gasteiger partial charge in [0.15, 0.2) is 0 Å². The van der Waals surface area contributed by atoms with Crippen molar-refractivity contribution < 1.29 is 18.8 Å². The highest BCUT2D eigenvalue weighted by atomic mass is 35.5. The molecule has 1 saturated heterocycles. The number of carbonyl (C=O) groups excluding carboxylic acids is 3. The van der Waals surface area contributed by atoms with Crippen LogP contribution in [0.4, 0.5) is 9.18 Å². The van der Waals surface area contributed by atoms with E-state index in [1.807, 2.05) is 0 Å². The van der Waals surface area contributed by atoms with Crippen LogP contribution in [-0.4, -0.2) is 29.3 Å². The van der Waals surface area contributed by atoms with Crippen LogP contribution in [0.25, 0.3) is 0 Å². The monoisotopic (exact) mass is 403 g/mol. The van der Waals surface area contributed by atoms with E-state index in [9.17, 15) is 18.8 Å². The summed E-state index contributed by atoms with van der Waals surface area (Å²) < 4.78 is 13.0. The van der Waals surface area contributed by atoms with E-state index in [2.05, 4.69) is 10.6 Å². The van der Waals surface area contributed by atoms with Crippen molar-refractivity contribution in [2.45, 2.75) is 25.4 Å². The van der Waals surface area contributed by atoms with Crippen molar-refractivity contribution in [2.24, 2.45) is 0 Å². The third kappa shape index (κ3) is 3.71. The van der Waals surface area contributed by atoms with Gasteiger partial charge in [0.25, 0.3) is 5.91 Å². The molecule has 0 bridgehead atoms. The quantitative estimate of drug-likeness (QED) is 0.753. The van der Waals surface area contributed by atoms with Gasteiger partial charge < -0.3 is 10.6 Å². The largest absolute Gasteiger partial charge is 0.348 e. The highest BCUT2D eigenvalue weighted by Crippen LogP contribution is 2.33. The van der Waals surface area contributed by atoms with Crippen molar-refractivity contribution in [3.63, 3.8) is 0 Å². The Morgan fingerprint density at radius 2 is 1.86 bits per heavy atom. The van der Waals surface area contributed by atoms with E-state index in [1.54, 1.807) is 50.2 Å². The molecule has 28 heavy (non-hydrogen) atoms. The minimum Gasteiger partial charge on any atom is -0.348 e. The predicted molar refractivity (Wildman–Crippen MR) is 102 cm³/mol. The molecule has 2 aromatic carbocycles. The second-order valence-corrected chi connectivity index (χ2v) is 7.17. The van der Waals surface area contributed by atoms with Gasteiger partial charge in [0.05, 0.1) is 6.04 Å². The van der Waals surface area contributed by atoms with Gasteiger partial charge in [-0.15, -0.1) is 0 Å². The Morgan fingerprint density at radius 3 is 2.50 bits per heavy atom. The molecule has 1 heterocycles. The number of urea groups is 1. The summed E-state index contributed by atoms with van der Waals surface area (Å²) >= 11 is 6.18. The number of hydrogen-bond donors (Lipinski definition) is 2. The van der Waals surface area contributed by atoms with Gasteiger partial charge in [-0.3, -0.25) is 14.5 Å². The van der Waals surface area contributed by atoms with Gasteiger partial charge in [-0.1, -0.05) is 41.9 Å². The van der Waals surface area contributed by atoms with Crippen LogP contribution in [-0.2, 0) is 15.1 Å². The smallest absolute Gasteiger partial charge is 0.325 e. The van der Waals surface area contributed by atoms with Crippen LogP contribution in [0.2, 0.25) is 5.02 Å². The topological polar surface area (TPSA) is 78.5 Å². The Morgan fingerprint density at radius 1 is 1.21 bits per heavy atom. The van der Waals surface area contributed by atoms with E-state index in [0.29, 0.717) is 16.1 Å². The van der Waals surface area contributed by atoms with Crippen LogP contribution in [0.1, 0.15) is 31.0 Å². The average molecular weight is 404 g/mol. The van der Waals surface area contributed by atoms with Gasteiger partial charge in [0.2, 0.25) is 5.91 Å². The van der Waals surface area contributed by atoms with Gasteiger partial charge >= 0.3 is 6.03 Å². The van der Waals surface area contributed by atoms with Crippen molar-refractivity contribution in [3.05, 3.63) is 70.5 Å². The number of imide groups is 1. The Hall–Kier alpha value is -2.93. The van der Waals surface area contributed by atoms with Crippen molar-refractivity contribution in [1.82, 2.24) is 15.5 Å². The molecule has 6 nitrogen and oxygen atoms in total. The lowest BCUT2D eigenvalue weighted by molar-refractivity contribution is -0.135. The van der Waals surface area contributed by atoms with Crippen molar-refractivity contribution in [2.75, 3.05) is 6.54 Å². The molecule has 4 amide bonds. The molecule has 8 heteroatoms. The summed E-state index contributed by atoms with van der Waals surface area (Å²) in [4.78, 5) is 38.5. The Labute approximate surface area is 166 Å². The van der Waals surface area contributed by atoms with E-state index in [-0.39, 0.29) is 5.82 Å². The fraction of sp³-hybridized carbons (Fsp3) is 0.250. The molecule has 1 fully saturated rings. The summed E-state index contributed by atoms with van der Waals surface area (Å²) in [7, 11) is 0. The fourth-order valence-electron chi connectivity index (χ4n) is 3.16. The zero-order valence-corrected chi connectivity index (χ0v) is 16.1. The molecule has 2 aromatic rings. The van der Waals surface area contributed by atoms with Gasteiger partial charge in [0.1, 0.15) is 17.9 Å². The molecule has 146 valence electrons. The summed E-state index contributed by atoms with van der Waals surface area (Å²) in [6.45, 7) is 2.84. The molecule has 0 spiro atoms. The normalized spacial score (nSPS) is 20.1. The molecule has 0 saturated carbocycles. The third-order valence-electron chi connectivity index (χ3n) is 4.74. The zero-order valence-electron chi connectivity index (χ0n) is 15.3. The number of nitrogens with zero attached hydrogens (tertiary/aromatic N) is 1. The van der Waals surface area contributed by atoms with E-state index in [0.717, 1.165) is 4.90 Å². The molecule has 2 atom stereocenters. The Bertz CT molecular complexity index is 935. The Balaban J connectivity index is 1.71. The molecular weight excluding hydrogens is 385 g/mol. The fourth-order valence-corrected chi connectivity index (χ4v) is 3.48. The molecule has 1 aliphatic heterocycles. The predicted octanol–water partition coefficient (Wildman–Crippen LogP) is 3.12. The average Bonchev–Trinajstić information content (AvgIpc) is 2.86. The van der Waals surface area contributed by atoms with Crippen molar-refractivity contribution >= 4 is 29.4 Å². The van der Waals surface area contributed by atoms with Crippen LogP contribution in [0.15, 0.2) is 48.5 Å². The number of nitrogens with one attached hydrogen (secondary N) is 2. The van der Waals surface area contributed by atoms with E-state index in [4.69, 9.17) is 11.6 Å². The summed E-state index contributed by atoms with van der Waals surface area (Å²) in [6, 6.07) is 11.3. The molecular formula is C20H19ClFN3O3. The maximum atomic E-state index is 13.0. The van der Waals surface area contributed by atoms with Gasteiger partial charge in [0, 0.05) is 10.6 Å². The van der Waals surface area contributed by atoms with Crippen molar-refractivity contribution in [1.29, 1.82) is 0 Å². The summed E-state index contributed by atoms with van der Waals surface area (Å²) in [5.41, 5.74) is -0.191. The van der Waals surface area contributed by atoms with Crippen molar-refractivity contribution in [3.8, 4) is 0 Å². The molecule has 2 N–H and O–H groups in total. The van der Waals surface area contributed by atoms with Crippen LogP contribution in [0.5, 0.6) is 0 Å². The lowest BCUT2D eigenvalue weighted by Gasteiger charge is -2.23. The maximum Gasteiger partial charge on any atom is 0.325 e. The number of amides is 4. The van der Waals surface area contributed by atoms with E-state index >= 15 is 0 Å². The van der Waals surface area contributed by atoms with E-state index in [1.165, 1.54) is 12.1 Å². The van der Waals surface area contributed by atoms with Crippen LogP contribution in [0.3, 0.4) is 0 Å². The number of rotatable bonds is 5. The molecule has 0 unspecified atom stereocenters. The first-order valence-corrected chi connectivity index (χ1v) is 9.04. The number of halogens is 2. The first-order chi connectivity index (χ1) is 13.2.